The Bertz CT molecular complexity index is 585. The van der Waals surface area contributed by atoms with Crippen molar-refractivity contribution in [1.82, 2.24) is 4.98 Å². The molecule has 2 rings (SSSR count). The lowest BCUT2D eigenvalue weighted by atomic mass is 10.2. The highest BCUT2D eigenvalue weighted by molar-refractivity contribution is 7.90. The number of carbonyl (C=O) groups is 1. The molecule has 1 aliphatic carbocycles. The molecule has 1 saturated carbocycles. The number of ether oxygens (including phenoxy) is 1. The number of hydrogen-bond acceptors (Lipinski definition) is 6. The van der Waals surface area contributed by atoms with Crippen molar-refractivity contribution >= 4 is 15.8 Å². The van der Waals surface area contributed by atoms with Gasteiger partial charge in [0.25, 0.3) is 0 Å². The molecule has 1 aliphatic rings. The van der Waals surface area contributed by atoms with Crippen molar-refractivity contribution in [3.63, 3.8) is 0 Å². The summed E-state index contributed by atoms with van der Waals surface area (Å²) in [6.45, 7) is 3.43. The van der Waals surface area contributed by atoms with Crippen molar-refractivity contribution < 1.29 is 22.4 Å². The summed E-state index contributed by atoms with van der Waals surface area (Å²) in [6, 6.07) is 0. The Morgan fingerprint density at radius 3 is 2.63 bits per heavy atom. The van der Waals surface area contributed by atoms with Gasteiger partial charge in [-0.2, -0.15) is 0 Å². The lowest BCUT2D eigenvalue weighted by Crippen LogP contribution is -2.08. The molecule has 1 unspecified atom stereocenters. The van der Waals surface area contributed by atoms with Crippen LogP contribution in [0.15, 0.2) is 4.42 Å². The molecule has 1 fully saturated rings. The van der Waals surface area contributed by atoms with Crippen LogP contribution in [0.1, 0.15) is 60.0 Å². The maximum absolute atomic E-state index is 11.8. The first-order chi connectivity index (χ1) is 8.84. The first kappa shape index (κ1) is 14.0. The van der Waals surface area contributed by atoms with Gasteiger partial charge in [0.1, 0.15) is 5.25 Å². The molecule has 1 atom stereocenters. The van der Waals surface area contributed by atoms with Crippen LogP contribution in [0.2, 0.25) is 0 Å². The molecule has 0 spiro atoms. The Balaban J connectivity index is 2.38. The quantitative estimate of drug-likeness (QED) is 0.768. The average Bonchev–Trinajstić information content (AvgIpc) is 3.06. The highest BCUT2D eigenvalue weighted by atomic mass is 32.2. The summed E-state index contributed by atoms with van der Waals surface area (Å²) in [5.41, 5.74) is 0.531. The first-order valence-corrected chi connectivity index (χ1v) is 8.16. The molecule has 0 N–H and O–H groups in total. The number of sulfone groups is 1. The topological polar surface area (TPSA) is 86.5 Å². The zero-order chi connectivity index (χ0) is 14.2. The van der Waals surface area contributed by atoms with E-state index in [2.05, 4.69) is 4.98 Å². The van der Waals surface area contributed by atoms with E-state index in [0.717, 1.165) is 19.1 Å². The van der Waals surface area contributed by atoms with Gasteiger partial charge in [0.2, 0.25) is 11.7 Å². The fraction of sp³-hybridized carbons (Fsp3) is 0.667. The van der Waals surface area contributed by atoms with E-state index in [4.69, 9.17) is 9.15 Å². The SMILES string of the molecule is CCOC(=O)c1oc(C(C)S(C)(=O)=O)nc1C1CC1. The molecule has 1 aromatic heterocycles. The number of rotatable bonds is 5. The molecule has 19 heavy (non-hydrogen) atoms. The molecule has 0 aromatic carbocycles. The number of carbonyl (C=O) groups excluding carboxylic acids is 1. The van der Waals surface area contributed by atoms with Gasteiger partial charge in [0, 0.05) is 12.2 Å². The zero-order valence-electron chi connectivity index (χ0n) is 11.2. The number of aromatic nitrogens is 1. The van der Waals surface area contributed by atoms with E-state index in [1.54, 1.807) is 6.92 Å². The Morgan fingerprint density at radius 1 is 1.53 bits per heavy atom. The van der Waals surface area contributed by atoms with Crippen molar-refractivity contribution in [2.75, 3.05) is 12.9 Å². The fourth-order valence-electron chi connectivity index (χ4n) is 1.68. The van der Waals surface area contributed by atoms with Crippen LogP contribution in [0.3, 0.4) is 0 Å². The van der Waals surface area contributed by atoms with Crippen LogP contribution in [0.5, 0.6) is 0 Å². The predicted octanol–water partition coefficient (Wildman–Crippen LogP) is 1.83. The molecule has 1 heterocycles. The molecule has 0 aliphatic heterocycles. The highest BCUT2D eigenvalue weighted by Gasteiger charge is 2.36. The predicted molar refractivity (Wildman–Crippen MR) is 67.7 cm³/mol. The zero-order valence-corrected chi connectivity index (χ0v) is 12.0. The number of hydrogen-bond donors (Lipinski definition) is 0. The summed E-state index contributed by atoms with van der Waals surface area (Å²) in [5.74, 6) is -0.283. The van der Waals surface area contributed by atoms with Crippen molar-refractivity contribution in [2.24, 2.45) is 0 Å². The third kappa shape index (κ3) is 2.97. The van der Waals surface area contributed by atoms with Crippen LogP contribution in [0, 0.1) is 0 Å². The second-order valence-corrected chi connectivity index (χ2v) is 7.10. The molecular weight excluding hydrogens is 270 g/mol. The van der Waals surface area contributed by atoms with E-state index in [-0.39, 0.29) is 24.2 Å². The minimum Gasteiger partial charge on any atom is -0.460 e. The summed E-state index contributed by atoms with van der Waals surface area (Å²) in [5, 5.41) is -0.867. The maximum Gasteiger partial charge on any atom is 0.376 e. The number of nitrogens with zero attached hydrogens (tertiary/aromatic N) is 1. The molecule has 7 heteroatoms. The van der Waals surface area contributed by atoms with E-state index in [9.17, 15) is 13.2 Å². The maximum atomic E-state index is 11.8. The molecule has 0 amide bonds. The van der Waals surface area contributed by atoms with Crippen LogP contribution < -0.4 is 0 Å². The van der Waals surface area contributed by atoms with Gasteiger partial charge in [-0.05, 0) is 26.7 Å². The minimum absolute atomic E-state index is 0.0508. The third-order valence-electron chi connectivity index (χ3n) is 3.08. The first-order valence-electron chi connectivity index (χ1n) is 6.21. The van der Waals surface area contributed by atoms with Gasteiger partial charge < -0.3 is 9.15 Å². The van der Waals surface area contributed by atoms with Crippen LogP contribution in [0.4, 0.5) is 0 Å². The van der Waals surface area contributed by atoms with Crippen molar-refractivity contribution in [3.05, 3.63) is 17.3 Å². The van der Waals surface area contributed by atoms with E-state index in [1.807, 2.05) is 0 Å². The van der Waals surface area contributed by atoms with Gasteiger partial charge in [-0.15, -0.1) is 0 Å². The molecule has 0 radical (unpaired) electrons. The molecule has 6 nitrogen and oxygen atoms in total. The van der Waals surface area contributed by atoms with E-state index >= 15 is 0 Å². The summed E-state index contributed by atoms with van der Waals surface area (Å²) in [4.78, 5) is 16.0. The summed E-state index contributed by atoms with van der Waals surface area (Å²) in [6.07, 6.45) is 2.99. The van der Waals surface area contributed by atoms with E-state index < -0.39 is 21.1 Å². The smallest absolute Gasteiger partial charge is 0.376 e. The number of oxazole rings is 1. The Labute approximate surface area is 112 Å². The Hall–Kier alpha value is -1.37. The van der Waals surface area contributed by atoms with Crippen molar-refractivity contribution in [2.45, 2.75) is 37.9 Å². The van der Waals surface area contributed by atoms with Crippen molar-refractivity contribution in [1.29, 1.82) is 0 Å². The van der Waals surface area contributed by atoms with Crippen LogP contribution in [-0.2, 0) is 14.6 Å². The fourth-order valence-corrected chi connectivity index (χ4v) is 2.15. The van der Waals surface area contributed by atoms with Gasteiger partial charge in [0.05, 0.1) is 12.3 Å². The second-order valence-electron chi connectivity index (χ2n) is 4.73. The lowest BCUT2D eigenvalue weighted by Gasteiger charge is -2.03. The lowest BCUT2D eigenvalue weighted by molar-refractivity contribution is 0.0486. The summed E-state index contributed by atoms with van der Waals surface area (Å²) < 4.78 is 33.3. The number of esters is 1. The highest BCUT2D eigenvalue weighted by Crippen LogP contribution is 2.42. The van der Waals surface area contributed by atoms with Crippen molar-refractivity contribution in [3.8, 4) is 0 Å². The standard InChI is InChI=1S/C12H17NO5S/c1-4-17-12(14)10-9(8-5-6-8)13-11(18-10)7(2)19(3,15)16/h7-8H,4-6H2,1-3H3. The second kappa shape index (κ2) is 4.96. The monoisotopic (exact) mass is 287 g/mol. The van der Waals surface area contributed by atoms with E-state index in [1.165, 1.54) is 6.92 Å². The minimum atomic E-state index is -3.31. The van der Waals surface area contributed by atoms with Gasteiger partial charge >= 0.3 is 5.97 Å². The normalized spacial score (nSPS) is 17.2. The van der Waals surface area contributed by atoms with Gasteiger partial charge in [-0.1, -0.05) is 0 Å². The molecular formula is C12H17NO5S. The third-order valence-corrected chi connectivity index (χ3v) is 4.57. The van der Waals surface area contributed by atoms with Gasteiger partial charge in [0.15, 0.2) is 9.84 Å². The molecule has 106 valence electrons. The summed E-state index contributed by atoms with van der Waals surface area (Å²) >= 11 is 0. The van der Waals surface area contributed by atoms with Crippen LogP contribution in [-0.4, -0.2) is 32.2 Å². The van der Waals surface area contributed by atoms with Crippen LogP contribution in [0.25, 0.3) is 0 Å². The molecule has 0 bridgehead atoms. The van der Waals surface area contributed by atoms with Crippen LogP contribution >= 0.6 is 0 Å². The molecule has 0 saturated heterocycles. The summed E-state index contributed by atoms with van der Waals surface area (Å²) in [7, 11) is -3.31. The Morgan fingerprint density at radius 2 is 2.16 bits per heavy atom. The average molecular weight is 287 g/mol. The van der Waals surface area contributed by atoms with Gasteiger partial charge in [-0.25, -0.2) is 18.2 Å². The largest absolute Gasteiger partial charge is 0.460 e. The van der Waals surface area contributed by atoms with Gasteiger partial charge in [-0.3, -0.25) is 0 Å². The molecule has 1 aromatic rings. The van der Waals surface area contributed by atoms with E-state index in [0.29, 0.717) is 5.69 Å². The Kier molecular flexibility index (Phi) is 3.66.